The topological polar surface area (TPSA) is 90.7 Å². The number of benzene rings is 1. The molecule has 7 heteroatoms. The van der Waals surface area contributed by atoms with E-state index in [1.807, 2.05) is 0 Å². The minimum absolute atomic E-state index is 0.0212. The van der Waals surface area contributed by atoms with Crippen LogP contribution in [-0.2, 0) is 9.53 Å². The number of likely N-dealkylation sites (N-methyl/N-ethyl adjacent to an activating group) is 1. The highest BCUT2D eigenvalue weighted by Gasteiger charge is 2.46. The molecule has 1 aliphatic rings. The van der Waals surface area contributed by atoms with Gasteiger partial charge in [0.05, 0.1) is 12.0 Å². The molecule has 2 unspecified atom stereocenters. The van der Waals surface area contributed by atoms with Crippen molar-refractivity contribution in [3.63, 3.8) is 0 Å². The number of ether oxygens (including phenoxy) is 2. The first-order valence-corrected chi connectivity index (χ1v) is 6.69. The summed E-state index contributed by atoms with van der Waals surface area (Å²) in [6.45, 7) is 0. The van der Waals surface area contributed by atoms with Crippen molar-refractivity contribution < 1.29 is 19.2 Å². The molecule has 7 nitrogen and oxygen atoms in total. The number of nitrogens with zero attached hydrogens (tertiary/aromatic N) is 1. The Morgan fingerprint density at radius 2 is 2.10 bits per heavy atom. The van der Waals surface area contributed by atoms with Crippen LogP contribution in [-0.4, -0.2) is 36.7 Å². The highest BCUT2D eigenvalue weighted by atomic mass is 16.6. The van der Waals surface area contributed by atoms with Crippen molar-refractivity contribution in [3.05, 3.63) is 34.4 Å². The number of carbonyl (C=O) groups excluding carboxylic acids is 1. The molecule has 0 aliphatic heterocycles. The van der Waals surface area contributed by atoms with Crippen LogP contribution in [0.15, 0.2) is 24.3 Å². The van der Waals surface area contributed by atoms with E-state index in [9.17, 15) is 14.9 Å². The van der Waals surface area contributed by atoms with Crippen LogP contribution in [0.1, 0.15) is 19.3 Å². The highest BCUT2D eigenvalue weighted by Crippen LogP contribution is 2.33. The molecule has 0 heterocycles. The fourth-order valence-electron chi connectivity index (χ4n) is 2.65. The Balaban J connectivity index is 2.02. The van der Waals surface area contributed by atoms with Gasteiger partial charge in [0.1, 0.15) is 17.4 Å². The molecule has 0 saturated heterocycles. The summed E-state index contributed by atoms with van der Waals surface area (Å²) in [5.41, 5.74) is -0.687. The van der Waals surface area contributed by atoms with Gasteiger partial charge in [0, 0.05) is 18.6 Å². The Morgan fingerprint density at radius 1 is 1.43 bits per heavy atom. The number of carbonyl (C=O) groups is 1. The first-order valence-electron chi connectivity index (χ1n) is 6.69. The molecule has 0 spiro atoms. The molecule has 0 bridgehead atoms. The van der Waals surface area contributed by atoms with Gasteiger partial charge in [-0.3, -0.25) is 14.9 Å². The van der Waals surface area contributed by atoms with Crippen molar-refractivity contribution >= 4 is 11.7 Å². The molecule has 21 heavy (non-hydrogen) atoms. The number of esters is 1. The molecule has 2 rings (SSSR count). The number of nitro groups is 1. The second-order valence-corrected chi connectivity index (χ2v) is 5.06. The molecule has 0 amide bonds. The SMILES string of the molecule is CNC1(C(=O)OC)CCC(Oc2ccc([N+](=O)[O-])cc2)C1. The lowest BCUT2D eigenvalue weighted by Gasteiger charge is -2.25. The van der Waals surface area contributed by atoms with E-state index in [0.717, 1.165) is 0 Å². The third-order valence-electron chi connectivity index (χ3n) is 3.87. The molecule has 1 N–H and O–H groups in total. The fourth-order valence-corrected chi connectivity index (χ4v) is 2.65. The smallest absolute Gasteiger partial charge is 0.326 e. The molecule has 1 aromatic carbocycles. The van der Waals surface area contributed by atoms with E-state index in [4.69, 9.17) is 9.47 Å². The molecule has 0 radical (unpaired) electrons. The molecular weight excluding hydrogens is 276 g/mol. The molecule has 2 atom stereocenters. The van der Waals surface area contributed by atoms with Gasteiger partial charge in [-0.25, -0.2) is 0 Å². The number of hydrogen-bond acceptors (Lipinski definition) is 6. The molecule has 0 aromatic heterocycles. The highest BCUT2D eigenvalue weighted by molar-refractivity contribution is 5.81. The van der Waals surface area contributed by atoms with Gasteiger partial charge in [-0.05, 0) is 32.0 Å². The van der Waals surface area contributed by atoms with E-state index in [-0.39, 0.29) is 17.8 Å². The van der Waals surface area contributed by atoms with E-state index in [1.165, 1.54) is 19.2 Å². The zero-order valence-electron chi connectivity index (χ0n) is 12.0. The summed E-state index contributed by atoms with van der Waals surface area (Å²) in [7, 11) is 3.09. The predicted octanol–water partition coefficient (Wildman–Crippen LogP) is 1.66. The van der Waals surface area contributed by atoms with Crippen LogP contribution < -0.4 is 10.1 Å². The molecule has 1 fully saturated rings. The summed E-state index contributed by atoms with van der Waals surface area (Å²) in [6, 6.07) is 5.93. The third kappa shape index (κ3) is 3.13. The van der Waals surface area contributed by atoms with Crippen molar-refractivity contribution in [3.8, 4) is 5.75 Å². The maximum atomic E-state index is 11.9. The largest absolute Gasteiger partial charge is 0.490 e. The lowest BCUT2D eigenvalue weighted by Crippen LogP contribution is -2.49. The van der Waals surface area contributed by atoms with Crippen molar-refractivity contribution in [2.45, 2.75) is 30.9 Å². The Kier molecular flexibility index (Phi) is 4.42. The monoisotopic (exact) mass is 294 g/mol. The number of nitrogens with one attached hydrogen (secondary N) is 1. The van der Waals surface area contributed by atoms with Gasteiger partial charge < -0.3 is 14.8 Å². The van der Waals surface area contributed by atoms with Crippen LogP contribution in [0, 0.1) is 10.1 Å². The number of non-ortho nitro benzene ring substituents is 1. The lowest BCUT2D eigenvalue weighted by molar-refractivity contribution is -0.384. The Hall–Kier alpha value is -2.15. The van der Waals surface area contributed by atoms with Crippen LogP contribution in [0.5, 0.6) is 5.75 Å². The summed E-state index contributed by atoms with van der Waals surface area (Å²) < 4.78 is 10.6. The second kappa shape index (κ2) is 6.09. The predicted molar refractivity (Wildman–Crippen MR) is 75.2 cm³/mol. The van der Waals surface area contributed by atoms with Crippen molar-refractivity contribution in [1.29, 1.82) is 0 Å². The summed E-state index contributed by atoms with van der Waals surface area (Å²) in [5.74, 6) is 0.266. The summed E-state index contributed by atoms with van der Waals surface area (Å²) >= 11 is 0. The zero-order valence-corrected chi connectivity index (χ0v) is 12.0. The van der Waals surface area contributed by atoms with Gasteiger partial charge in [0.25, 0.3) is 5.69 Å². The molecular formula is C14H18N2O5. The lowest BCUT2D eigenvalue weighted by atomic mass is 9.98. The minimum atomic E-state index is -0.708. The minimum Gasteiger partial charge on any atom is -0.490 e. The van der Waals surface area contributed by atoms with Crippen molar-refractivity contribution in [2.75, 3.05) is 14.2 Å². The first kappa shape index (κ1) is 15.2. The van der Waals surface area contributed by atoms with Crippen molar-refractivity contribution in [1.82, 2.24) is 5.32 Å². The van der Waals surface area contributed by atoms with E-state index < -0.39 is 10.5 Å². The number of rotatable bonds is 5. The van der Waals surface area contributed by atoms with Gasteiger partial charge in [-0.15, -0.1) is 0 Å². The van der Waals surface area contributed by atoms with Crippen molar-refractivity contribution in [2.24, 2.45) is 0 Å². The van der Waals surface area contributed by atoms with Crippen LogP contribution >= 0.6 is 0 Å². The van der Waals surface area contributed by atoms with E-state index in [1.54, 1.807) is 19.2 Å². The average molecular weight is 294 g/mol. The van der Waals surface area contributed by atoms with Crippen LogP contribution in [0.3, 0.4) is 0 Å². The molecule has 1 aromatic rings. The van der Waals surface area contributed by atoms with Gasteiger partial charge in [0.15, 0.2) is 0 Å². The quantitative estimate of drug-likeness (QED) is 0.504. The normalized spacial score (nSPS) is 24.6. The molecule has 1 aliphatic carbocycles. The van der Waals surface area contributed by atoms with Gasteiger partial charge >= 0.3 is 5.97 Å². The number of methoxy groups -OCH3 is 1. The number of hydrogen-bond donors (Lipinski definition) is 1. The average Bonchev–Trinajstić information content (AvgIpc) is 2.91. The maximum Gasteiger partial charge on any atom is 0.326 e. The van der Waals surface area contributed by atoms with E-state index >= 15 is 0 Å². The van der Waals surface area contributed by atoms with Crippen LogP contribution in [0.25, 0.3) is 0 Å². The van der Waals surface area contributed by atoms with Crippen LogP contribution in [0.4, 0.5) is 5.69 Å². The van der Waals surface area contributed by atoms with E-state index in [0.29, 0.717) is 25.0 Å². The standard InChI is InChI=1S/C14H18N2O5/c1-15-14(13(17)20-2)8-7-12(9-14)21-11-5-3-10(4-6-11)16(18)19/h3-6,12,15H,7-9H2,1-2H3. The molecule has 114 valence electrons. The Morgan fingerprint density at radius 3 is 2.62 bits per heavy atom. The summed E-state index contributed by atoms with van der Waals surface area (Å²) in [4.78, 5) is 22.0. The maximum absolute atomic E-state index is 11.9. The molecule has 1 saturated carbocycles. The Bertz CT molecular complexity index is 531. The Labute approximate surface area is 122 Å². The first-order chi connectivity index (χ1) is 10.0. The van der Waals surface area contributed by atoms with Gasteiger partial charge in [0.2, 0.25) is 0 Å². The van der Waals surface area contributed by atoms with Gasteiger partial charge in [-0.2, -0.15) is 0 Å². The second-order valence-electron chi connectivity index (χ2n) is 5.06. The fraction of sp³-hybridized carbons (Fsp3) is 0.500. The third-order valence-corrected chi connectivity index (χ3v) is 3.87. The number of nitro benzene ring substituents is 1. The zero-order chi connectivity index (χ0) is 15.5. The van der Waals surface area contributed by atoms with Gasteiger partial charge in [-0.1, -0.05) is 0 Å². The summed E-state index contributed by atoms with van der Waals surface area (Å²) in [5, 5.41) is 13.6. The summed E-state index contributed by atoms with van der Waals surface area (Å²) in [6.07, 6.45) is 1.73. The van der Waals surface area contributed by atoms with E-state index in [2.05, 4.69) is 5.32 Å². The van der Waals surface area contributed by atoms with Crippen LogP contribution in [0.2, 0.25) is 0 Å².